The summed E-state index contributed by atoms with van der Waals surface area (Å²) in [5, 5.41) is 12.4. The van der Waals surface area contributed by atoms with E-state index in [4.69, 9.17) is 9.47 Å². The van der Waals surface area contributed by atoms with Crippen LogP contribution in [0.4, 0.5) is 10.5 Å². The number of nitrogens with one attached hydrogen (secondary N) is 1. The molecule has 30 heavy (non-hydrogen) atoms. The maximum atomic E-state index is 12.0. The van der Waals surface area contributed by atoms with Crippen molar-refractivity contribution in [1.29, 1.82) is 0 Å². The Bertz CT molecular complexity index is 991. The summed E-state index contributed by atoms with van der Waals surface area (Å²) in [6.45, 7) is 2.94. The van der Waals surface area contributed by atoms with Crippen LogP contribution in [-0.4, -0.2) is 22.6 Å². The Labute approximate surface area is 175 Å². The number of anilines is 1. The fraction of sp³-hybridized carbons (Fsp3) is 0.167. The maximum absolute atomic E-state index is 12.0. The van der Waals surface area contributed by atoms with Crippen molar-refractivity contribution in [3.05, 3.63) is 90.0 Å². The SMILES string of the molecule is CC(C)(O)C(=O)c1ccc(COC(=O)Nc2ccc(Oc3ccccc3)cc2)cc1. The summed E-state index contributed by atoms with van der Waals surface area (Å²) < 4.78 is 10.9. The zero-order valence-electron chi connectivity index (χ0n) is 16.8. The van der Waals surface area contributed by atoms with Crippen LogP contribution in [0.3, 0.4) is 0 Å². The van der Waals surface area contributed by atoms with Crippen LogP contribution in [-0.2, 0) is 11.3 Å². The van der Waals surface area contributed by atoms with Gasteiger partial charge in [0.05, 0.1) is 0 Å². The largest absolute Gasteiger partial charge is 0.457 e. The molecule has 1 amide bonds. The number of rotatable bonds is 7. The summed E-state index contributed by atoms with van der Waals surface area (Å²) in [5.41, 5.74) is 0.267. The van der Waals surface area contributed by atoms with Gasteiger partial charge in [0.25, 0.3) is 0 Å². The predicted molar refractivity (Wildman–Crippen MR) is 114 cm³/mol. The average Bonchev–Trinajstić information content (AvgIpc) is 2.74. The minimum absolute atomic E-state index is 0.0536. The van der Waals surface area contributed by atoms with Gasteiger partial charge in [0.1, 0.15) is 23.7 Å². The van der Waals surface area contributed by atoms with Gasteiger partial charge < -0.3 is 14.6 Å². The highest BCUT2D eigenvalue weighted by molar-refractivity contribution is 6.01. The number of benzene rings is 3. The highest BCUT2D eigenvalue weighted by atomic mass is 16.5. The minimum atomic E-state index is -1.43. The van der Waals surface area contributed by atoms with E-state index in [9.17, 15) is 14.7 Å². The number of carbonyl (C=O) groups excluding carboxylic acids is 2. The lowest BCUT2D eigenvalue weighted by Crippen LogP contribution is -2.31. The smallest absolute Gasteiger partial charge is 0.411 e. The van der Waals surface area contributed by atoms with E-state index < -0.39 is 11.7 Å². The van der Waals surface area contributed by atoms with Crippen LogP contribution < -0.4 is 10.1 Å². The number of amides is 1. The molecule has 0 saturated carbocycles. The van der Waals surface area contributed by atoms with Gasteiger partial charge in [-0.05, 0) is 55.8 Å². The van der Waals surface area contributed by atoms with Crippen LogP contribution in [0.15, 0.2) is 78.9 Å². The fourth-order valence-corrected chi connectivity index (χ4v) is 2.64. The van der Waals surface area contributed by atoms with Gasteiger partial charge in [0.15, 0.2) is 5.78 Å². The summed E-state index contributed by atoms with van der Waals surface area (Å²) in [7, 11) is 0. The lowest BCUT2D eigenvalue weighted by atomic mass is 9.96. The highest BCUT2D eigenvalue weighted by Crippen LogP contribution is 2.22. The molecule has 0 aliphatic heterocycles. The van der Waals surface area contributed by atoms with Crippen molar-refractivity contribution in [2.45, 2.75) is 26.1 Å². The first-order valence-corrected chi connectivity index (χ1v) is 9.44. The second-order valence-corrected chi connectivity index (χ2v) is 7.23. The molecule has 2 N–H and O–H groups in total. The third-order valence-electron chi connectivity index (χ3n) is 4.22. The molecule has 0 aromatic heterocycles. The van der Waals surface area contributed by atoms with E-state index >= 15 is 0 Å². The van der Waals surface area contributed by atoms with Gasteiger partial charge in [-0.15, -0.1) is 0 Å². The van der Waals surface area contributed by atoms with Crippen LogP contribution in [0.2, 0.25) is 0 Å². The van der Waals surface area contributed by atoms with Crippen LogP contribution >= 0.6 is 0 Å². The summed E-state index contributed by atoms with van der Waals surface area (Å²) in [4.78, 5) is 24.0. The standard InChI is InChI=1S/C24H23NO5/c1-24(2,28)22(26)18-10-8-17(9-11-18)16-29-23(27)25-19-12-14-21(15-13-19)30-20-6-4-3-5-7-20/h3-15,28H,16H2,1-2H3,(H,25,27). The second-order valence-electron chi connectivity index (χ2n) is 7.23. The van der Waals surface area contributed by atoms with Crippen molar-refractivity contribution in [3.63, 3.8) is 0 Å². The first-order chi connectivity index (χ1) is 14.3. The van der Waals surface area contributed by atoms with E-state index in [1.54, 1.807) is 48.5 Å². The molecule has 0 radical (unpaired) electrons. The molecule has 0 aliphatic rings. The lowest BCUT2D eigenvalue weighted by Gasteiger charge is -2.15. The van der Waals surface area contributed by atoms with Crippen LogP contribution in [0.1, 0.15) is 29.8 Å². The Morgan fingerprint density at radius 2 is 1.47 bits per heavy atom. The van der Waals surface area contributed by atoms with Gasteiger partial charge in [0.2, 0.25) is 0 Å². The van der Waals surface area contributed by atoms with Gasteiger partial charge in [-0.2, -0.15) is 0 Å². The molecule has 154 valence electrons. The van der Waals surface area contributed by atoms with Gasteiger partial charge in [0, 0.05) is 11.3 Å². The Hall–Kier alpha value is -3.64. The van der Waals surface area contributed by atoms with Crippen LogP contribution in [0.5, 0.6) is 11.5 Å². The maximum Gasteiger partial charge on any atom is 0.411 e. The second kappa shape index (κ2) is 9.24. The van der Waals surface area contributed by atoms with E-state index in [2.05, 4.69) is 5.32 Å². The van der Waals surface area contributed by atoms with E-state index in [1.807, 2.05) is 30.3 Å². The molecule has 0 fully saturated rings. The number of carbonyl (C=O) groups is 2. The summed E-state index contributed by atoms with van der Waals surface area (Å²) in [5.74, 6) is 1.01. The molecule has 0 bridgehead atoms. The number of hydrogen-bond donors (Lipinski definition) is 2. The molecule has 0 heterocycles. The topological polar surface area (TPSA) is 84.9 Å². The van der Waals surface area contributed by atoms with Crippen LogP contribution in [0.25, 0.3) is 0 Å². The normalized spacial score (nSPS) is 10.9. The third-order valence-corrected chi connectivity index (χ3v) is 4.22. The zero-order chi connectivity index (χ0) is 21.6. The predicted octanol–water partition coefficient (Wildman–Crippen LogP) is 5.18. The molecule has 3 aromatic rings. The number of aliphatic hydroxyl groups is 1. The van der Waals surface area contributed by atoms with E-state index in [0.29, 0.717) is 17.0 Å². The van der Waals surface area contributed by atoms with Crippen molar-refractivity contribution in [1.82, 2.24) is 0 Å². The Morgan fingerprint density at radius 1 is 0.867 bits per heavy atom. The molecule has 0 atom stereocenters. The van der Waals surface area contributed by atoms with E-state index in [0.717, 1.165) is 11.3 Å². The Balaban J connectivity index is 1.49. The van der Waals surface area contributed by atoms with Crippen molar-refractivity contribution < 1.29 is 24.2 Å². The van der Waals surface area contributed by atoms with Crippen molar-refractivity contribution in [3.8, 4) is 11.5 Å². The number of ketones is 1. The lowest BCUT2D eigenvalue weighted by molar-refractivity contribution is 0.0488. The molecular weight excluding hydrogens is 382 g/mol. The number of Topliss-reactive ketones (excluding diaryl/α,β-unsaturated/α-hetero) is 1. The van der Waals surface area contributed by atoms with Gasteiger partial charge in [-0.25, -0.2) is 4.79 Å². The summed E-state index contributed by atoms with van der Waals surface area (Å²) >= 11 is 0. The highest BCUT2D eigenvalue weighted by Gasteiger charge is 2.24. The number of ether oxygens (including phenoxy) is 2. The van der Waals surface area contributed by atoms with Crippen molar-refractivity contribution >= 4 is 17.6 Å². The third kappa shape index (κ3) is 5.93. The van der Waals surface area contributed by atoms with Gasteiger partial charge >= 0.3 is 6.09 Å². The van der Waals surface area contributed by atoms with Crippen molar-refractivity contribution in [2.75, 3.05) is 5.32 Å². The van der Waals surface area contributed by atoms with E-state index in [1.165, 1.54) is 13.8 Å². The fourth-order valence-electron chi connectivity index (χ4n) is 2.64. The summed E-state index contributed by atoms with van der Waals surface area (Å²) in [6.07, 6.45) is -0.594. The Kier molecular flexibility index (Phi) is 6.49. The molecule has 0 aliphatic carbocycles. The van der Waals surface area contributed by atoms with Gasteiger partial charge in [-0.1, -0.05) is 42.5 Å². The summed E-state index contributed by atoms with van der Waals surface area (Å²) in [6, 6.07) is 22.9. The number of para-hydroxylation sites is 1. The molecule has 6 nitrogen and oxygen atoms in total. The minimum Gasteiger partial charge on any atom is -0.457 e. The first kappa shape index (κ1) is 21.1. The van der Waals surface area contributed by atoms with Gasteiger partial charge in [-0.3, -0.25) is 10.1 Å². The Morgan fingerprint density at radius 3 is 2.07 bits per heavy atom. The monoisotopic (exact) mass is 405 g/mol. The zero-order valence-corrected chi connectivity index (χ0v) is 16.8. The quantitative estimate of drug-likeness (QED) is 0.529. The van der Waals surface area contributed by atoms with Crippen molar-refractivity contribution in [2.24, 2.45) is 0 Å². The molecule has 0 unspecified atom stereocenters. The van der Waals surface area contributed by atoms with Crippen LogP contribution in [0, 0.1) is 0 Å². The molecule has 3 aromatic carbocycles. The number of hydrogen-bond acceptors (Lipinski definition) is 5. The first-order valence-electron chi connectivity index (χ1n) is 9.44. The molecular formula is C24H23NO5. The average molecular weight is 405 g/mol. The molecule has 0 spiro atoms. The molecule has 6 heteroatoms. The molecule has 3 rings (SSSR count). The van der Waals surface area contributed by atoms with E-state index in [-0.39, 0.29) is 12.4 Å². The molecule has 0 saturated heterocycles.